The zero-order valence-corrected chi connectivity index (χ0v) is 38.1. The minimum Gasteiger partial charge on any atom is -0.494 e. The third kappa shape index (κ3) is 10.2. The summed E-state index contributed by atoms with van der Waals surface area (Å²) in [5, 5.41) is 17.5. The van der Waals surface area contributed by atoms with Gasteiger partial charge < -0.3 is 39.8 Å². The quantitative estimate of drug-likeness (QED) is 0.0616. The highest BCUT2D eigenvalue weighted by molar-refractivity contribution is 6.05. The number of nitrogens with zero attached hydrogens (tertiary/aromatic N) is 9. The van der Waals surface area contributed by atoms with Crippen LogP contribution in [-0.2, 0) is 32.6 Å². The third-order valence-corrected chi connectivity index (χ3v) is 10.1. The van der Waals surface area contributed by atoms with Gasteiger partial charge in [-0.3, -0.25) is 39.2 Å². The number of nitrogens with two attached hydrogens (primary N) is 2. The number of hydrogen-bond donors (Lipinski definition) is 5. The summed E-state index contributed by atoms with van der Waals surface area (Å²) >= 11 is 0. The standard InChI is InChI=1S/C43H48N14O7.C2H6/c1-7-29-37(64-25(4)48-29)41(61)52-43-50-31-19-27(39(45)59)21-34(63-16-12-11-13-54-23-28(46-5)22-47-54)36(31)56(43)15-10-9-14-55-35-30(18-26(38(44)58)20-33(35)62-6)49-42(55)51-40(60)32-17-24(3)53-57(32)8-2;1-2/h9-12,17-23,46H,7-8,13-16H2,1-6H3,(H2,44,58)(H2,45,59)(H,49,51,60)(H,50,52,61);1-2H3/b10-9+,12-11+;. The molecule has 0 fully saturated rings. The Morgan fingerprint density at radius 2 is 1.38 bits per heavy atom. The van der Waals surface area contributed by atoms with E-state index in [-0.39, 0.29) is 54.2 Å². The van der Waals surface area contributed by atoms with Crippen molar-refractivity contribution in [3.8, 4) is 11.5 Å². The fourth-order valence-corrected chi connectivity index (χ4v) is 7.08. The van der Waals surface area contributed by atoms with Gasteiger partial charge in [-0.15, -0.1) is 0 Å². The molecule has 0 aliphatic heterocycles. The van der Waals surface area contributed by atoms with Gasteiger partial charge in [0.2, 0.25) is 29.5 Å². The van der Waals surface area contributed by atoms with Gasteiger partial charge in [-0.1, -0.05) is 39.0 Å². The van der Waals surface area contributed by atoms with E-state index in [1.54, 1.807) is 44.6 Å². The number of anilines is 3. The molecule has 7 aromatic rings. The van der Waals surface area contributed by atoms with Crippen LogP contribution in [0.3, 0.4) is 0 Å². The van der Waals surface area contributed by atoms with E-state index in [4.69, 9.17) is 30.3 Å². The number of aromatic nitrogens is 9. The summed E-state index contributed by atoms with van der Waals surface area (Å²) in [4.78, 5) is 66.0. The first-order valence-electron chi connectivity index (χ1n) is 21.3. The lowest BCUT2D eigenvalue weighted by molar-refractivity contribution is 0.0987. The Morgan fingerprint density at radius 3 is 1.94 bits per heavy atom. The molecule has 346 valence electrons. The highest BCUT2D eigenvalue weighted by Crippen LogP contribution is 2.33. The number of allylic oxidation sites excluding steroid dienone is 3. The van der Waals surface area contributed by atoms with Crippen molar-refractivity contribution in [1.82, 2.24) is 43.6 Å². The van der Waals surface area contributed by atoms with Crippen molar-refractivity contribution in [2.75, 3.05) is 36.7 Å². The summed E-state index contributed by atoms with van der Waals surface area (Å²) in [6, 6.07) is 7.76. The fourth-order valence-electron chi connectivity index (χ4n) is 7.08. The number of fused-ring (bicyclic) bond motifs is 2. The summed E-state index contributed by atoms with van der Waals surface area (Å²) in [7, 11) is 3.27. The number of ether oxygens (including phenoxy) is 2. The number of rotatable bonds is 19. The number of imidazole rings is 2. The van der Waals surface area contributed by atoms with E-state index in [1.807, 2.05) is 65.2 Å². The number of methoxy groups -OCH3 is 1. The molecule has 0 aliphatic rings. The zero-order chi connectivity index (χ0) is 47.7. The van der Waals surface area contributed by atoms with E-state index < -0.39 is 23.6 Å². The maximum absolute atomic E-state index is 13.8. The number of hydrogen-bond acceptors (Lipinski definition) is 13. The van der Waals surface area contributed by atoms with Crippen molar-refractivity contribution in [1.29, 1.82) is 0 Å². The van der Waals surface area contributed by atoms with Crippen molar-refractivity contribution in [2.45, 2.75) is 74.1 Å². The van der Waals surface area contributed by atoms with Gasteiger partial charge in [0, 0.05) is 50.9 Å². The lowest BCUT2D eigenvalue weighted by Crippen LogP contribution is -2.20. The zero-order valence-electron chi connectivity index (χ0n) is 38.1. The van der Waals surface area contributed by atoms with E-state index in [9.17, 15) is 19.2 Å². The molecular weight excluding hydrogens is 849 g/mol. The van der Waals surface area contributed by atoms with E-state index in [0.717, 1.165) is 5.69 Å². The SMILES string of the molecule is CC.CCc1nc(C)oc1C(=O)Nc1nc2cc(C(N)=O)cc(OC/C=C/Cn3cc(NC)cn3)c2n1C/C=C/Cn1c(NC(=O)c2cc(C)nn2CC)nc2cc(C(N)=O)cc(OC)c21. The summed E-state index contributed by atoms with van der Waals surface area (Å²) < 4.78 is 24.4. The smallest absolute Gasteiger partial charge is 0.295 e. The van der Waals surface area contributed by atoms with Crippen LogP contribution in [0.5, 0.6) is 11.5 Å². The fraction of sp³-hybridized carbons (Fsp3) is 0.311. The molecule has 0 aliphatic carbocycles. The van der Waals surface area contributed by atoms with Crippen molar-refractivity contribution in [2.24, 2.45) is 11.5 Å². The Bertz CT molecular complexity index is 2970. The van der Waals surface area contributed by atoms with Gasteiger partial charge in [0.1, 0.15) is 34.8 Å². The molecule has 7 rings (SSSR count). The number of amides is 4. The average molecular weight is 903 g/mol. The Morgan fingerprint density at radius 1 is 0.788 bits per heavy atom. The minimum atomic E-state index is -0.700. The third-order valence-electron chi connectivity index (χ3n) is 10.1. The second-order valence-corrected chi connectivity index (χ2v) is 14.4. The molecule has 5 heterocycles. The van der Waals surface area contributed by atoms with Crippen LogP contribution >= 0.6 is 0 Å². The molecule has 66 heavy (non-hydrogen) atoms. The number of carbonyl (C=O) groups excluding carboxylic acids is 4. The Hall–Kier alpha value is -8.23. The lowest BCUT2D eigenvalue weighted by atomic mass is 10.1. The maximum Gasteiger partial charge on any atom is 0.295 e. The predicted octanol–water partition coefficient (Wildman–Crippen LogP) is 5.64. The normalized spacial score (nSPS) is 11.3. The predicted molar refractivity (Wildman–Crippen MR) is 249 cm³/mol. The molecule has 2 aromatic carbocycles. The molecule has 0 atom stereocenters. The van der Waals surface area contributed by atoms with Gasteiger partial charge in [-0.25, -0.2) is 15.0 Å². The maximum atomic E-state index is 13.8. The number of oxazole rings is 1. The molecular formula is C45H54N14O7. The van der Waals surface area contributed by atoms with Crippen LogP contribution in [0.2, 0.25) is 0 Å². The van der Waals surface area contributed by atoms with E-state index in [1.165, 1.54) is 31.4 Å². The highest BCUT2D eigenvalue weighted by Gasteiger charge is 2.24. The first kappa shape index (κ1) is 47.3. The van der Waals surface area contributed by atoms with Crippen LogP contribution < -0.4 is 36.9 Å². The molecule has 7 N–H and O–H groups in total. The summed E-state index contributed by atoms with van der Waals surface area (Å²) in [6.07, 6.45) is 11.4. The molecule has 0 saturated heterocycles. The second kappa shape index (κ2) is 21.0. The van der Waals surface area contributed by atoms with Crippen molar-refractivity contribution >= 4 is 63.3 Å². The van der Waals surface area contributed by atoms with Crippen LogP contribution in [-0.4, -0.2) is 88.0 Å². The topological polar surface area (TPSA) is 272 Å². The summed E-state index contributed by atoms with van der Waals surface area (Å²) in [6.45, 7) is 12.5. The van der Waals surface area contributed by atoms with Crippen LogP contribution in [0.1, 0.15) is 86.7 Å². The molecule has 0 unspecified atom stereocenters. The second-order valence-electron chi connectivity index (χ2n) is 14.4. The number of primary amides is 2. The van der Waals surface area contributed by atoms with Gasteiger partial charge in [0.15, 0.2) is 5.89 Å². The molecule has 0 radical (unpaired) electrons. The van der Waals surface area contributed by atoms with Crippen LogP contribution in [0, 0.1) is 13.8 Å². The van der Waals surface area contributed by atoms with Crippen LogP contribution in [0.25, 0.3) is 22.1 Å². The Labute approximate surface area is 379 Å². The van der Waals surface area contributed by atoms with Gasteiger partial charge in [0.05, 0.1) is 48.0 Å². The van der Waals surface area contributed by atoms with E-state index >= 15 is 0 Å². The summed E-state index contributed by atoms with van der Waals surface area (Å²) in [5.74, 6) is -1.17. The number of aryl methyl sites for hydroxylation is 4. The average Bonchev–Trinajstić information content (AvgIpc) is 4.15. The lowest BCUT2D eigenvalue weighted by Gasteiger charge is -2.12. The highest BCUT2D eigenvalue weighted by atomic mass is 16.5. The molecule has 4 amide bonds. The van der Waals surface area contributed by atoms with E-state index in [2.05, 4.69) is 36.1 Å². The number of benzene rings is 2. The van der Waals surface area contributed by atoms with Crippen LogP contribution in [0.15, 0.2) is 71.4 Å². The van der Waals surface area contributed by atoms with Gasteiger partial charge in [0.25, 0.3) is 11.8 Å². The monoisotopic (exact) mass is 902 g/mol. The first-order valence-corrected chi connectivity index (χ1v) is 21.3. The number of nitrogens with one attached hydrogen (secondary N) is 3. The van der Waals surface area contributed by atoms with E-state index in [0.29, 0.717) is 70.3 Å². The molecule has 0 bridgehead atoms. The van der Waals surface area contributed by atoms with Crippen molar-refractivity contribution in [3.05, 3.63) is 107 Å². The van der Waals surface area contributed by atoms with Crippen molar-refractivity contribution in [3.63, 3.8) is 0 Å². The summed E-state index contributed by atoms with van der Waals surface area (Å²) in [5.41, 5.74) is 15.7. The molecule has 0 spiro atoms. The minimum absolute atomic E-state index is 0.0414. The Kier molecular flexibility index (Phi) is 15.0. The number of carbonyl (C=O) groups is 4. The van der Waals surface area contributed by atoms with Gasteiger partial charge in [-0.2, -0.15) is 10.2 Å². The molecule has 21 nitrogen and oxygen atoms in total. The van der Waals surface area contributed by atoms with Gasteiger partial charge in [-0.05, 0) is 56.7 Å². The Balaban J connectivity index is 0.00000355. The largest absolute Gasteiger partial charge is 0.494 e. The van der Waals surface area contributed by atoms with Crippen LogP contribution in [0.4, 0.5) is 17.6 Å². The molecule has 5 aromatic heterocycles. The van der Waals surface area contributed by atoms with Crippen molar-refractivity contribution < 1.29 is 33.1 Å². The molecule has 0 saturated carbocycles. The molecule has 21 heteroatoms. The van der Waals surface area contributed by atoms with Gasteiger partial charge >= 0.3 is 0 Å². The first-order chi connectivity index (χ1) is 31.8.